The molecule has 0 saturated carbocycles. The molecular formula is C29H35N3O6S. The number of hydrogen-bond donors (Lipinski definition) is 1. The van der Waals surface area contributed by atoms with Gasteiger partial charge in [0.05, 0.1) is 24.8 Å². The summed E-state index contributed by atoms with van der Waals surface area (Å²) in [6, 6.07) is 20.9. The molecule has 1 atom stereocenters. The average molecular weight is 554 g/mol. The van der Waals surface area contributed by atoms with E-state index in [0.29, 0.717) is 18.0 Å². The van der Waals surface area contributed by atoms with Crippen LogP contribution < -0.4 is 19.1 Å². The lowest BCUT2D eigenvalue weighted by atomic mass is 10.1. The normalized spacial score (nSPS) is 11.8. The summed E-state index contributed by atoms with van der Waals surface area (Å²) < 4.78 is 39.4. The van der Waals surface area contributed by atoms with Crippen molar-refractivity contribution in [2.24, 2.45) is 0 Å². The van der Waals surface area contributed by atoms with Crippen molar-refractivity contribution in [1.82, 2.24) is 10.2 Å². The molecule has 0 fully saturated rings. The van der Waals surface area contributed by atoms with Crippen molar-refractivity contribution in [2.75, 3.05) is 31.6 Å². The Morgan fingerprint density at radius 3 is 2.10 bits per heavy atom. The van der Waals surface area contributed by atoms with Crippen molar-refractivity contribution >= 4 is 27.5 Å². The topological polar surface area (TPSA) is 105 Å². The number of amides is 2. The predicted molar refractivity (Wildman–Crippen MR) is 150 cm³/mol. The van der Waals surface area contributed by atoms with Crippen LogP contribution in [0.15, 0.2) is 83.8 Å². The fraction of sp³-hybridized carbons (Fsp3) is 0.310. The van der Waals surface area contributed by atoms with Crippen molar-refractivity contribution in [3.63, 3.8) is 0 Å². The summed E-state index contributed by atoms with van der Waals surface area (Å²) in [6.07, 6.45) is 0.744. The Kier molecular flexibility index (Phi) is 10.3. The fourth-order valence-electron chi connectivity index (χ4n) is 3.99. The Morgan fingerprint density at radius 2 is 1.51 bits per heavy atom. The van der Waals surface area contributed by atoms with E-state index in [1.165, 1.54) is 37.3 Å². The number of carbonyl (C=O) groups excluding carboxylic acids is 2. The second-order valence-electron chi connectivity index (χ2n) is 8.84. The van der Waals surface area contributed by atoms with E-state index in [0.717, 1.165) is 16.3 Å². The van der Waals surface area contributed by atoms with Crippen LogP contribution in [-0.4, -0.2) is 58.5 Å². The zero-order chi connectivity index (χ0) is 28.4. The third-order valence-corrected chi connectivity index (χ3v) is 7.97. The van der Waals surface area contributed by atoms with Gasteiger partial charge in [0, 0.05) is 19.2 Å². The molecule has 3 aromatic carbocycles. The molecule has 208 valence electrons. The zero-order valence-corrected chi connectivity index (χ0v) is 23.5. The summed E-state index contributed by atoms with van der Waals surface area (Å²) >= 11 is 0. The molecule has 3 aromatic rings. The van der Waals surface area contributed by atoms with Crippen LogP contribution in [0.2, 0.25) is 0 Å². The van der Waals surface area contributed by atoms with Gasteiger partial charge in [-0.1, -0.05) is 55.5 Å². The second-order valence-corrected chi connectivity index (χ2v) is 10.7. The molecule has 1 N–H and O–H groups in total. The van der Waals surface area contributed by atoms with E-state index in [9.17, 15) is 18.0 Å². The highest BCUT2D eigenvalue weighted by atomic mass is 32.2. The maximum Gasteiger partial charge on any atom is 0.264 e. The number of carbonyl (C=O) groups is 2. The van der Waals surface area contributed by atoms with Crippen molar-refractivity contribution in [3.05, 3.63) is 84.4 Å². The summed E-state index contributed by atoms with van der Waals surface area (Å²) in [6.45, 7) is 3.64. The number of benzene rings is 3. The maximum atomic E-state index is 13.9. The molecule has 3 rings (SSSR count). The molecule has 0 saturated heterocycles. The van der Waals surface area contributed by atoms with Gasteiger partial charge in [-0.2, -0.15) is 0 Å². The molecule has 9 nitrogen and oxygen atoms in total. The monoisotopic (exact) mass is 553 g/mol. The van der Waals surface area contributed by atoms with E-state index in [1.54, 1.807) is 37.3 Å². The SMILES string of the molecule is CCCNC(=O)[C@@H](C)N(Cc1ccccc1)C(=O)CN(c1ccc(OC)c(OC)c1)S(=O)(=O)c1ccccc1. The van der Waals surface area contributed by atoms with Crippen LogP contribution >= 0.6 is 0 Å². The number of anilines is 1. The van der Waals surface area contributed by atoms with Crippen molar-refractivity contribution < 1.29 is 27.5 Å². The van der Waals surface area contributed by atoms with Crippen LogP contribution in [0.5, 0.6) is 11.5 Å². The fourth-order valence-corrected chi connectivity index (χ4v) is 5.41. The lowest BCUT2D eigenvalue weighted by Crippen LogP contribution is -2.51. The predicted octanol–water partition coefficient (Wildman–Crippen LogP) is 3.84. The van der Waals surface area contributed by atoms with Gasteiger partial charge < -0.3 is 19.7 Å². The standard InChI is InChI=1S/C29H35N3O6S/c1-5-18-30-29(34)22(2)31(20-23-12-8-6-9-13-23)28(33)21-32(39(35,36)25-14-10-7-11-15-25)24-16-17-26(37-3)27(19-24)38-4/h6-17,19,22H,5,18,20-21H2,1-4H3,(H,30,34)/t22-/m1/s1. The van der Waals surface area contributed by atoms with E-state index in [2.05, 4.69) is 5.32 Å². The lowest BCUT2D eigenvalue weighted by Gasteiger charge is -2.32. The second kappa shape index (κ2) is 13.7. The smallest absolute Gasteiger partial charge is 0.264 e. The van der Waals surface area contributed by atoms with Crippen LogP contribution in [0.4, 0.5) is 5.69 Å². The van der Waals surface area contributed by atoms with E-state index >= 15 is 0 Å². The number of methoxy groups -OCH3 is 2. The maximum absolute atomic E-state index is 13.9. The first-order valence-corrected chi connectivity index (χ1v) is 14.1. The molecule has 0 radical (unpaired) electrons. The number of nitrogens with zero attached hydrogens (tertiary/aromatic N) is 2. The third kappa shape index (κ3) is 7.29. The minimum absolute atomic E-state index is 0.0240. The average Bonchev–Trinajstić information content (AvgIpc) is 2.97. The highest BCUT2D eigenvalue weighted by molar-refractivity contribution is 7.92. The van der Waals surface area contributed by atoms with Crippen molar-refractivity contribution in [1.29, 1.82) is 0 Å². The molecule has 0 aliphatic carbocycles. The largest absolute Gasteiger partial charge is 0.493 e. The molecule has 0 unspecified atom stereocenters. The first-order valence-electron chi connectivity index (χ1n) is 12.6. The van der Waals surface area contributed by atoms with Gasteiger partial charge in [-0.15, -0.1) is 0 Å². The summed E-state index contributed by atoms with van der Waals surface area (Å²) in [5.74, 6) is -0.127. The number of nitrogens with one attached hydrogen (secondary N) is 1. The Labute approximate surface area is 230 Å². The third-order valence-electron chi connectivity index (χ3n) is 6.18. The molecular weight excluding hydrogens is 518 g/mol. The molecule has 0 heterocycles. The minimum Gasteiger partial charge on any atom is -0.493 e. The molecule has 0 spiro atoms. The van der Waals surface area contributed by atoms with Crippen LogP contribution in [-0.2, 0) is 26.2 Å². The van der Waals surface area contributed by atoms with E-state index in [-0.39, 0.29) is 23.0 Å². The van der Waals surface area contributed by atoms with Gasteiger partial charge in [-0.3, -0.25) is 13.9 Å². The summed E-state index contributed by atoms with van der Waals surface area (Å²) in [5.41, 5.74) is 1.03. The van der Waals surface area contributed by atoms with Gasteiger partial charge >= 0.3 is 0 Å². The quantitative estimate of drug-likeness (QED) is 0.345. The van der Waals surface area contributed by atoms with Gasteiger partial charge in [0.15, 0.2) is 11.5 Å². The summed E-state index contributed by atoms with van der Waals surface area (Å²) in [5, 5.41) is 2.83. The highest BCUT2D eigenvalue weighted by Crippen LogP contribution is 2.34. The summed E-state index contributed by atoms with van der Waals surface area (Å²) in [4.78, 5) is 28.2. The van der Waals surface area contributed by atoms with E-state index in [1.807, 2.05) is 37.3 Å². The Balaban J connectivity index is 2.05. The molecule has 0 aliphatic rings. The van der Waals surface area contributed by atoms with Gasteiger partial charge in [0.25, 0.3) is 10.0 Å². The molecule has 39 heavy (non-hydrogen) atoms. The lowest BCUT2D eigenvalue weighted by molar-refractivity contribution is -0.139. The number of rotatable bonds is 13. The first kappa shape index (κ1) is 29.5. The molecule has 0 aliphatic heterocycles. The Bertz CT molecular complexity index is 1350. The van der Waals surface area contributed by atoms with Gasteiger partial charge in [-0.05, 0) is 43.2 Å². The zero-order valence-electron chi connectivity index (χ0n) is 22.7. The van der Waals surface area contributed by atoms with E-state index in [4.69, 9.17) is 9.47 Å². The van der Waals surface area contributed by atoms with Crippen LogP contribution in [0.25, 0.3) is 0 Å². The minimum atomic E-state index is -4.17. The molecule has 2 amide bonds. The number of hydrogen-bond acceptors (Lipinski definition) is 6. The first-order chi connectivity index (χ1) is 18.7. The van der Waals surface area contributed by atoms with Crippen LogP contribution in [0.1, 0.15) is 25.8 Å². The van der Waals surface area contributed by atoms with Gasteiger partial charge in [0.2, 0.25) is 11.8 Å². The highest BCUT2D eigenvalue weighted by Gasteiger charge is 2.32. The van der Waals surface area contributed by atoms with Gasteiger partial charge in [-0.25, -0.2) is 8.42 Å². The number of ether oxygens (including phenoxy) is 2. The number of sulfonamides is 1. The van der Waals surface area contributed by atoms with Crippen molar-refractivity contribution in [2.45, 2.75) is 37.8 Å². The molecule has 0 aromatic heterocycles. The Morgan fingerprint density at radius 1 is 0.897 bits per heavy atom. The van der Waals surface area contributed by atoms with Crippen LogP contribution in [0, 0.1) is 0 Å². The van der Waals surface area contributed by atoms with E-state index < -0.39 is 28.5 Å². The molecule has 0 bridgehead atoms. The molecule has 10 heteroatoms. The van der Waals surface area contributed by atoms with Crippen molar-refractivity contribution in [3.8, 4) is 11.5 Å². The summed E-state index contributed by atoms with van der Waals surface area (Å²) in [7, 11) is -1.25. The van der Waals surface area contributed by atoms with Gasteiger partial charge in [0.1, 0.15) is 12.6 Å². The van der Waals surface area contributed by atoms with Crippen LogP contribution in [0.3, 0.4) is 0 Å². The Hall–Kier alpha value is -4.05.